The van der Waals surface area contributed by atoms with Gasteiger partial charge in [0.2, 0.25) is 0 Å². The van der Waals surface area contributed by atoms with Gasteiger partial charge in [-0.25, -0.2) is 4.98 Å². The van der Waals surface area contributed by atoms with E-state index in [-0.39, 0.29) is 10.1 Å². The molecule has 1 aromatic rings. The van der Waals surface area contributed by atoms with Crippen molar-refractivity contribution < 1.29 is 28.0 Å². The van der Waals surface area contributed by atoms with Crippen molar-refractivity contribution in [2.75, 3.05) is 0 Å². The maximum absolute atomic E-state index is 12.7. The third-order valence-corrected chi connectivity index (χ3v) is 3.68. The maximum Gasteiger partial charge on any atom is 0.491 e. The number of hydrogen-bond acceptors (Lipinski definition) is 4. The lowest BCUT2D eigenvalue weighted by Gasteiger charge is -2.38. The van der Waals surface area contributed by atoms with Crippen LogP contribution >= 0.6 is 15.9 Å². The normalized spacial score (nSPS) is 13.4. The summed E-state index contributed by atoms with van der Waals surface area (Å²) in [6.07, 6.45) is -4.63. The average Bonchev–Trinajstić information content (AvgIpc) is 2.24. The summed E-state index contributed by atoms with van der Waals surface area (Å²) in [4.78, 5) is 3.31. The molecular formula is C12H16BBrF3NO3. The molecule has 21 heavy (non-hydrogen) atoms. The van der Waals surface area contributed by atoms with Crippen LogP contribution in [0.4, 0.5) is 13.2 Å². The second kappa shape index (κ2) is 5.87. The summed E-state index contributed by atoms with van der Waals surface area (Å²) in [5.74, 6) is 0. The number of aromatic nitrogens is 1. The van der Waals surface area contributed by atoms with E-state index in [0.29, 0.717) is 6.07 Å². The van der Waals surface area contributed by atoms with Crippen LogP contribution in [0.5, 0.6) is 0 Å². The molecule has 0 saturated heterocycles. The first-order valence-corrected chi connectivity index (χ1v) is 6.86. The Labute approximate surface area is 129 Å². The third-order valence-electron chi connectivity index (χ3n) is 3.27. The molecule has 0 saturated carbocycles. The smallest absolute Gasteiger partial charge is 0.423 e. The van der Waals surface area contributed by atoms with Crippen LogP contribution in [0.25, 0.3) is 0 Å². The second-order valence-corrected chi connectivity index (χ2v) is 6.46. The van der Waals surface area contributed by atoms with Gasteiger partial charge in [0.15, 0.2) is 0 Å². The van der Waals surface area contributed by atoms with Gasteiger partial charge in [0, 0.05) is 0 Å². The van der Waals surface area contributed by atoms with Crippen molar-refractivity contribution in [1.82, 2.24) is 4.98 Å². The number of hydrogen-bond donors (Lipinski definition) is 2. The molecule has 0 aliphatic heterocycles. The minimum absolute atomic E-state index is 0.0731. The predicted octanol–water partition coefficient (Wildman–Crippen LogP) is 2.12. The second-order valence-electron chi connectivity index (χ2n) is 5.65. The first-order valence-electron chi connectivity index (χ1n) is 6.07. The van der Waals surface area contributed by atoms with Gasteiger partial charge >= 0.3 is 13.3 Å². The molecule has 0 amide bonds. The number of pyridine rings is 1. The predicted molar refractivity (Wildman–Crippen MR) is 76.0 cm³/mol. The minimum Gasteiger partial charge on any atom is -0.423 e. The summed E-state index contributed by atoms with van der Waals surface area (Å²) in [6, 6.07) is 1.93. The van der Waals surface area contributed by atoms with Crippen LogP contribution in [0, 0.1) is 0 Å². The summed E-state index contributed by atoms with van der Waals surface area (Å²) < 4.78 is 43.3. The van der Waals surface area contributed by atoms with Crippen LogP contribution in [-0.2, 0) is 10.8 Å². The summed E-state index contributed by atoms with van der Waals surface area (Å²) in [5, 5.41) is 19.9. The van der Waals surface area contributed by atoms with E-state index < -0.39 is 30.2 Å². The zero-order chi connectivity index (χ0) is 16.6. The van der Waals surface area contributed by atoms with Gasteiger partial charge < -0.3 is 14.8 Å². The first kappa shape index (κ1) is 18.4. The topological polar surface area (TPSA) is 62.6 Å². The van der Waals surface area contributed by atoms with E-state index in [4.69, 9.17) is 4.65 Å². The zero-order valence-electron chi connectivity index (χ0n) is 12.0. The number of halogens is 4. The van der Waals surface area contributed by atoms with Crippen molar-refractivity contribution in [3.05, 3.63) is 22.4 Å². The molecule has 1 rings (SSSR count). The molecule has 0 aromatic carbocycles. The lowest BCUT2D eigenvalue weighted by atomic mass is 9.76. The fourth-order valence-electron chi connectivity index (χ4n) is 1.30. The SMILES string of the molecule is CC(C)(O)C(C)(C)OB(O)c1cc(Br)nc(C(F)(F)F)c1. The summed E-state index contributed by atoms with van der Waals surface area (Å²) >= 11 is 2.87. The van der Waals surface area contributed by atoms with E-state index in [1.54, 1.807) is 0 Å². The maximum atomic E-state index is 12.7. The standard InChI is InChI=1S/C12H16BBrF3NO3/c1-10(2,19)11(3,4)21-13(20)7-5-8(12(15,16)17)18-9(14)6-7/h5-6,19-20H,1-4H3. The van der Waals surface area contributed by atoms with Crippen LogP contribution in [0.2, 0.25) is 0 Å². The van der Waals surface area contributed by atoms with E-state index in [9.17, 15) is 23.3 Å². The van der Waals surface area contributed by atoms with Gasteiger partial charge in [0.1, 0.15) is 10.3 Å². The molecule has 118 valence electrons. The molecule has 0 aliphatic rings. The molecule has 9 heteroatoms. The Morgan fingerprint density at radius 1 is 1.19 bits per heavy atom. The Morgan fingerprint density at radius 3 is 2.14 bits per heavy atom. The molecule has 4 nitrogen and oxygen atoms in total. The summed E-state index contributed by atoms with van der Waals surface area (Å²) in [5.41, 5.74) is -3.73. The monoisotopic (exact) mass is 369 g/mol. The van der Waals surface area contributed by atoms with E-state index in [0.717, 1.165) is 0 Å². The lowest BCUT2D eigenvalue weighted by molar-refractivity contribution is -0.141. The minimum atomic E-state index is -4.63. The number of aliphatic hydroxyl groups is 1. The van der Waals surface area contributed by atoms with Crippen LogP contribution in [-0.4, -0.2) is 33.4 Å². The quantitative estimate of drug-likeness (QED) is 0.630. The van der Waals surface area contributed by atoms with Crippen LogP contribution < -0.4 is 5.46 Å². The van der Waals surface area contributed by atoms with Crippen molar-refractivity contribution >= 4 is 28.5 Å². The third kappa shape index (κ3) is 4.67. The van der Waals surface area contributed by atoms with Gasteiger partial charge in [0.05, 0.1) is 11.2 Å². The fourth-order valence-corrected chi connectivity index (χ4v) is 1.75. The molecule has 2 N–H and O–H groups in total. The van der Waals surface area contributed by atoms with Crippen molar-refractivity contribution in [3.63, 3.8) is 0 Å². The Kier molecular flexibility index (Phi) is 5.14. The first-order chi connectivity index (χ1) is 9.24. The van der Waals surface area contributed by atoms with E-state index >= 15 is 0 Å². The largest absolute Gasteiger partial charge is 0.491 e. The van der Waals surface area contributed by atoms with Crippen molar-refractivity contribution in [2.24, 2.45) is 0 Å². The van der Waals surface area contributed by atoms with Crippen molar-refractivity contribution in [3.8, 4) is 0 Å². The molecule has 1 heterocycles. The molecule has 0 aliphatic carbocycles. The number of nitrogens with zero attached hydrogens (tertiary/aromatic N) is 1. The Bertz CT molecular complexity index is 517. The van der Waals surface area contributed by atoms with E-state index in [1.807, 2.05) is 0 Å². The van der Waals surface area contributed by atoms with Gasteiger partial charge in [-0.05, 0) is 61.2 Å². The van der Waals surface area contributed by atoms with Crippen molar-refractivity contribution in [2.45, 2.75) is 45.1 Å². The lowest BCUT2D eigenvalue weighted by Crippen LogP contribution is -2.53. The van der Waals surface area contributed by atoms with Crippen LogP contribution in [0.3, 0.4) is 0 Å². The van der Waals surface area contributed by atoms with E-state index in [2.05, 4.69) is 20.9 Å². The van der Waals surface area contributed by atoms with Crippen LogP contribution in [0.15, 0.2) is 16.7 Å². The highest BCUT2D eigenvalue weighted by Gasteiger charge is 2.40. The van der Waals surface area contributed by atoms with Crippen LogP contribution in [0.1, 0.15) is 33.4 Å². The molecule has 0 fully saturated rings. The fraction of sp³-hybridized carbons (Fsp3) is 0.583. The summed E-state index contributed by atoms with van der Waals surface area (Å²) in [7, 11) is -1.63. The van der Waals surface area contributed by atoms with Gasteiger partial charge in [-0.3, -0.25) is 0 Å². The average molecular weight is 370 g/mol. The molecule has 1 aromatic heterocycles. The highest BCUT2D eigenvalue weighted by molar-refractivity contribution is 9.10. The van der Waals surface area contributed by atoms with Gasteiger partial charge in [-0.15, -0.1) is 0 Å². The van der Waals surface area contributed by atoms with E-state index in [1.165, 1.54) is 33.8 Å². The molecular weight excluding hydrogens is 354 g/mol. The molecule has 0 spiro atoms. The Balaban J connectivity index is 3.09. The highest BCUT2D eigenvalue weighted by Crippen LogP contribution is 2.29. The Hall–Kier alpha value is -0.635. The molecule has 0 unspecified atom stereocenters. The van der Waals surface area contributed by atoms with Gasteiger partial charge in [-0.1, -0.05) is 0 Å². The summed E-state index contributed by atoms with van der Waals surface area (Å²) in [6.45, 7) is 6.00. The van der Waals surface area contributed by atoms with Gasteiger partial charge in [0.25, 0.3) is 0 Å². The zero-order valence-corrected chi connectivity index (χ0v) is 13.6. The number of alkyl halides is 3. The highest BCUT2D eigenvalue weighted by atomic mass is 79.9. The molecule has 0 radical (unpaired) electrons. The number of rotatable bonds is 4. The van der Waals surface area contributed by atoms with Gasteiger partial charge in [-0.2, -0.15) is 13.2 Å². The molecule has 0 bridgehead atoms. The Morgan fingerprint density at radius 2 is 1.71 bits per heavy atom. The molecule has 0 atom stereocenters. The van der Waals surface area contributed by atoms with Crippen molar-refractivity contribution in [1.29, 1.82) is 0 Å².